The Balaban J connectivity index is 2.25. The molecule has 0 spiro atoms. The summed E-state index contributed by atoms with van der Waals surface area (Å²) in [5, 5.41) is 15.7. The van der Waals surface area contributed by atoms with Gasteiger partial charge >= 0.3 is 5.88 Å². The molecule has 0 radical (unpaired) electrons. The number of nitrogens with zero attached hydrogens (tertiary/aromatic N) is 5. The summed E-state index contributed by atoms with van der Waals surface area (Å²) in [5.41, 5.74) is 0.939. The minimum absolute atomic E-state index is 0.249. The Kier molecular flexibility index (Phi) is 3.09. The second kappa shape index (κ2) is 4.81. The molecule has 8 nitrogen and oxygen atoms in total. The predicted octanol–water partition coefficient (Wildman–Crippen LogP) is 2.75. The zero-order chi connectivity index (χ0) is 15.1. The monoisotopic (exact) mass is 307 g/mol. The van der Waals surface area contributed by atoms with Crippen LogP contribution in [0.25, 0.3) is 22.5 Å². The van der Waals surface area contributed by atoms with Gasteiger partial charge in [-0.3, -0.25) is 10.1 Å². The van der Waals surface area contributed by atoms with Gasteiger partial charge in [-0.15, -0.1) is 0 Å². The maximum Gasteiger partial charge on any atom is 0.433 e. The Hall–Kier alpha value is -2.48. The number of hydrogen-bond donors (Lipinski definition) is 0. The van der Waals surface area contributed by atoms with E-state index >= 15 is 0 Å². The molecule has 0 aliphatic rings. The normalized spacial score (nSPS) is 11.2. The Morgan fingerprint density at radius 3 is 2.81 bits per heavy atom. The van der Waals surface area contributed by atoms with Crippen LogP contribution in [0.3, 0.4) is 0 Å². The van der Waals surface area contributed by atoms with E-state index in [2.05, 4.69) is 15.1 Å². The fourth-order valence-electron chi connectivity index (χ4n) is 2.03. The molecular weight excluding hydrogens is 298 g/mol. The largest absolute Gasteiger partial charge is 0.433 e. The molecular formula is C12H10ClN5O3. The second-order valence-electron chi connectivity index (χ2n) is 4.35. The van der Waals surface area contributed by atoms with Crippen molar-refractivity contribution >= 4 is 28.5 Å². The zero-order valence-electron chi connectivity index (χ0n) is 11.2. The second-order valence-corrected chi connectivity index (χ2v) is 4.71. The van der Waals surface area contributed by atoms with Crippen LogP contribution in [0, 0.1) is 10.1 Å². The van der Waals surface area contributed by atoms with Crippen molar-refractivity contribution in [1.29, 1.82) is 0 Å². The molecule has 0 unspecified atom stereocenters. The van der Waals surface area contributed by atoms with Gasteiger partial charge in [-0.1, -0.05) is 18.5 Å². The van der Waals surface area contributed by atoms with E-state index in [1.165, 1.54) is 12.1 Å². The number of rotatable bonds is 3. The van der Waals surface area contributed by atoms with Crippen LogP contribution in [0.5, 0.6) is 0 Å². The Morgan fingerprint density at radius 1 is 1.43 bits per heavy atom. The van der Waals surface area contributed by atoms with Crippen molar-refractivity contribution in [3.05, 3.63) is 33.2 Å². The summed E-state index contributed by atoms with van der Waals surface area (Å²) in [4.78, 5) is 18.6. The van der Waals surface area contributed by atoms with Crippen LogP contribution in [0.1, 0.15) is 12.7 Å². The molecule has 3 aromatic heterocycles. The molecule has 0 fully saturated rings. The highest BCUT2D eigenvalue weighted by molar-refractivity contribution is 6.35. The lowest BCUT2D eigenvalue weighted by Gasteiger charge is -1.99. The Bertz CT molecular complexity index is 854. The molecule has 0 saturated heterocycles. The number of halogens is 1. The Labute approximate surface area is 123 Å². The number of hydrogen-bond acceptors (Lipinski definition) is 6. The van der Waals surface area contributed by atoms with Crippen molar-refractivity contribution in [1.82, 2.24) is 19.7 Å². The van der Waals surface area contributed by atoms with Crippen molar-refractivity contribution in [2.24, 2.45) is 7.05 Å². The lowest BCUT2D eigenvalue weighted by atomic mass is 10.2. The lowest BCUT2D eigenvalue weighted by Crippen LogP contribution is -1.97. The summed E-state index contributed by atoms with van der Waals surface area (Å²) >= 11 is 6.20. The highest BCUT2D eigenvalue weighted by Crippen LogP contribution is 2.33. The van der Waals surface area contributed by atoms with Gasteiger partial charge in [0.05, 0.1) is 11.5 Å². The van der Waals surface area contributed by atoms with Crippen LogP contribution < -0.4 is 0 Å². The molecule has 0 amide bonds. The Morgan fingerprint density at radius 2 is 2.19 bits per heavy atom. The number of nitro groups is 1. The van der Waals surface area contributed by atoms with E-state index in [4.69, 9.17) is 16.0 Å². The molecule has 0 bridgehead atoms. The maximum atomic E-state index is 10.7. The molecule has 21 heavy (non-hydrogen) atoms. The average Bonchev–Trinajstić information content (AvgIpc) is 3.04. The third-order valence-corrected chi connectivity index (χ3v) is 3.28. The highest BCUT2D eigenvalue weighted by Gasteiger charge is 2.22. The van der Waals surface area contributed by atoms with Crippen LogP contribution in [0.4, 0.5) is 5.88 Å². The molecule has 0 aliphatic heterocycles. The quantitative estimate of drug-likeness (QED) is 0.419. The van der Waals surface area contributed by atoms with Gasteiger partial charge in [0.15, 0.2) is 11.4 Å². The van der Waals surface area contributed by atoms with Crippen LogP contribution in [-0.2, 0) is 13.5 Å². The van der Waals surface area contributed by atoms with E-state index in [0.717, 1.165) is 0 Å². The van der Waals surface area contributed by atoms with Crippen molar-refractivity contribution in [3.63, 3.8) is 0 Å². The van der Waals surface area contributed by atoms with Gasteiger partial charge in [0.1, 0.15) is 21.6 Å². The zero-order valence-corrected chi connectivity index (χ0v) is 12.0. The first-order chi connectivity index (χ1) is 10.0. The third kappa shape index (κ3) is 2.13. The fourth-order valence-corrected chi connectivity index (χ4v) is 2.30. The molecule has 3 rings (SSSR count). The van der Waals surface area contributed by atoms with E-state index in [-0.39, 0.29) is 16.8 Å². The summed E-state index contributed by atoms with van der Waals surface area (Å²) in [7, 11) is 1.71. The first-order valence-corrected chi connectivity index (χ1v) is 6.52. The van der Waals surface area contributed by atoms with Gasteiger partial charge in [-0.2, -0.15) is 5.10 Å². The fraction of sp³-hybridized carbons (Fsp3) is 0.250. The number of fused-ring (bicyclic) bond motifs is 1. The number of aryl methyl sites for hydroxylation is 2. The third-order valence-electron chi connectivity index (χ3n) is 3.01. The maximum absolute atomic E-state index is 10.7. The average molecular weight is 308 g/mol. The molecule has 0 aliphatic carbocycles. The first-order valence-electron chi connectivity index (χ1n) is 6.15. The minimum atomic E-state index is -0.609. The number of furan rings is 1. The first kappa shape index (κ1) is 13.5. The van der Waals surface area contributed by atoms with Gasteiger partial charge in [0.2, 0.25) is 0 Å². The van der Waals surface area contributed by atoms with Crippen molar-refractivity contribution in [2.45, 2.75) is 13.3 Å². The van der Waals surface area contributed by atoms with E-state index in [9.17, 15) is 10.1 Å². The molecule has 0 aromatic carbocycles. The SMILES string of the molecule is CCc1nc(Cl)c2c(-c3ccc([N+](=O)[O-])o3)nn(C)c2n1. The van der Waals surface area contributed by atoms with Crippen molar-refractivity contribution in [2.75, 3.05) is 0 Å². The molecule has 108 valence electrons. The summed E-state index contributed by atoms with van der Waals surface area (Å²) < 4.78 is 6.72. The molecule has 0 atom stereocenters. The lowest BCUT2D eigenvalue weighted by molar-refractivity contribution is -0.401. The van der Waals surface area contributed by atoms with Gasteiger partial charge in [0, 0.05) is 13.5 Å². The standard InChI is InChI=1S/C12H10ClN5O3/c1-3-7-14-11(13)9-10(16-17(2)12(9)15-7)6-4-5-8(21-6)18(19)20/h4-5H,3H2,1-2H3. The van der Waals surface area contributed by atoms with Gasteiger partial charge in [-0.05, 0) is 6.07 Å². The molecule has 0 saturated carbocycles. The van der Waals surface area contributed by atoms with Crippen molar-refractivity contribution in [3.8, 4) is 11.5 Å². The van der Waals surface area contributed by atoms with Crippen molar-refractivity contribution < 1.29 is 9.34 Å². The smallest absolute Gasteiger partial charge is 0.399 e. The highest BCUT2D eigenvalue weighted by atomic mass is 35.5. The van der Waals surface area contributed by atoms with Crippen LogP contribution in [0.15, 0.2) is 16.5 Å². The van der Waals surface area contributed by atoms with E-state index in [0.29, 0.717) is 29.0 Å². The molecule has 3 heterocycles. The van der Waals surface area contributed by atoms with Gasteiger partial charge in [-0.25, -0.2) is 14.6 Å². The molecule has 3 aromatic rings. The van der Waals surface area contributed by atoms with E-state index in [1.54, 1.807) is 11.7 Å². The minimum Gasteiger partial charge on any atom is -0.399 e. The summed E-state index contributed by atoms with van der Waals surface area (Å²) in [6.45, 7) is 1.92. The molecule has 0 N–H and O–H groups in total. The van der Waals surface area contributed by atoms with Crippen LogP contribution in [-0.4, -0.2) is 24.7 Å². The summed E-state index contributed by atoms with van der Waals surface area (Å²) in [6.07, 6.45) is 0.641. The predicted molar refractivity (Wildman–Crippen MR) is 75.0 cm³/mol. The molecule has 9 heteroatoms. The van der Waals surface area contributed by atoms with Crippen LogP contribution in [0.2, 0.25) is 5.15 Å². The summed E-state index contributed by atoms with van der Waals surface area (Å²) in [6, 6.07) is 2.75. The van der Waals surface area contributed by atoms with Gasteiger partial charge in [0.25, 0.3) is 0 Å². The number of aromatic nitrogens is 4. The van der Waals surface area contributed by atoms with E-state index in [1.807, 2.05) is 6.92 Å². The van der Waals surface area contributed by atoms with Gasteiger partial charge < -0.3 is 4.42 Å². The van der Waals surface area contributed by atoms with Crippen LogP contribution >= 0.6 is 11.6 Å². The topological polar surface area (TPSA) is 99.9 Å². The van der Waals surface area contributed by atoms with E-state index < -0.39 is 4.92 Å². The summed E-state index contributed by atoms with van der Waals surface area (Å²) in [5.74, 6) is 0.501.